The minimum atomic E-state index is -0.147. The molecule has 0 spiro atoms. The van der Waals surface area contributed by atoms with Gasteiger partial charge in [0.1, 0.15) is 0 Å². The topological polar surface area (TPSA) is 46.3 Å². The number of halogens is 1. The van der Waals surface area contributed by atoms with Crippen LogP contribution >= 0.6 is 11.6 Å². The van der Waals surface area contributed by atoms with Gasteiger partial charge >= 0.3 is 0 Å². The van der Waals surface area contributed by atoms with Gasteiger partial charge in [0, 0.05) is 23.4 Å². The highest BCUT2D eigenvalue weighted by Crippen LogP contribution is 2.24. The maximum Gasteiger partial charge on any atom is 0.260 e. The second-order valence-corrected chi connectivity index (χ2v) is 5.32. The fourth-order valence-corrected chi connectivity index (χ4v) is 2.38. The lowest BCUT2D eigenvalue weighted by atomic mass is 10.1. The van der Waals surface area contributed by atoms with Crippen LogP contribution in [-0.2, 0) is 0 Å². The monoisotopic (exact) mass is 288 g/mol. The van der Waals surface area contributed by atoms with E-state index in [-0.39, 0.29) is 5.91 Å². The summed E-state index contributed by atoms with van der Waals surface area (Å²) in [6.07, 6.45) is 0. The highest BCUT2D eigenvalue weighted by molar-refractivity contribution is 6.31. The molecule has 0 aliphatic rings. The molecule has 0 unspecified atom stereocenters. The lowest BCUT2D eigenvalue weighted by molar-refractivity contribution is 0.0993. The Labute approximate surface area is 124 Å². The van der Waals surface area contributed by atoms with E-state index in [4.69, 9.17) is 17.3 Å². The highest BCUT2D eigenvalue weighted by Gasteiger charge is 2.17. The van der Waals surface area contributed by atoms with Crippen LogP contribution in [-0.4, -0.2) is 13.0 Å². The van der Waals surface area contributed by atoms with Crippen molar-refractivity contribution in [2.75, 3.05) is 17.7 Å². The standard InChI is InChI=1S/C16H17ClN2O/c1-10-4-7-15(11(2)8-10)19(3)16(20)13-6-5-12(17)9-14(13)18/h4-9H,18H2,1-3H3. The fourth-order valence-electron chi connectivity index (χ4n) is 2.20. The molecule has 0 saturated heterocycles. The first-order valence-electron chi connectivity index (χ1n) is 6.30. The van der Waals surface area contributed by atoms with E-state index in [0.29, 0.717) is 16.3 Å². The number of nitrogen functional groups attached to an aromatic ring is 1. The molecule has 2 rings (SSSR count). The molecule has 4 heteroatoms. The van der Waals surface area contributed by atoms with Crippen molar-refractivity contribution >= 4 is 28.9 Å². The molecule has 0 atom stereocenters. The van der Waals surface area contributed by atoms with Gasteiger partial charge in [0.25, 0.3) is 5.91 Å². The van der Waals surface area contributed by atoms with E-state index in [9.17, 15) is 4.79 Å². The molecule has 0 aliphatic carbocycles. The molecule has 0 aliphatic heterocycles. The minimum Gasteiger partial charge on any atom is -0.398 e. The highest BCUT2D eigenvalue weighted by atomic mass is 35.5. The maximum absolute atomic E-state index is 12.5. The molecular weight excluding hydrogens is 272 g/mol. The summed E-state index contributed by atoms with van der Waals surface area (Å²) in [5.74, 6) is -0.147. The zero-order valence-electron chi connectivity index (χ0n) is 11.8. The van der Waals surface area contributed by atoms with Crippen LogP contribution in [0.1, 0.15) is 21.5 Å². The van der Waals surface area contributed by atoms with Gasteiger partial charge in [-0.15, -0.1) is 0 Å². The number of carbonyl (C=O) groups is 1. The van der Waals surface area contributed by atoms with Crippen molar-refractivity contribution in [3.05, 3.63) is 58.1 Å². The quantitative estimate of drug-likeness (QED) is 0.854. The number of hydrogen-bond acceptors (Lipinski definition) is 2. The predicted molar refractivity (Wildman–Crippen MR) is 84.5 cm³/mol. The lowest BCUT2D eigenvalue weighted by Gasteiger charge is -2.20. The number of carbonyl (C=O) groups excluding carboxylic acids is 1. The average molecular weight is 289 g/mol. The smallest absolute Gasteiger partial charge is 0.260 e. The summed E-state index contributed by atoms with van der Waals surface area (Å²) in [7, 11) is 1.74. The Hall–Kier alpha value is -2.00. The summed E-state index contributed by atoms with van der Waals surface area (Å²) in [4.78, 5) is 14.1. The Morgan fingerprint density at radius 1 is 1.15 bits per heavy atom. The Balaban J connectivity index is 2.37. The van der Waals surface area contributed by atoms with Gasteiger partial charge in [-0.25, -0.2) is 0 Å². The molecule has 0 radical (unpaired) electrons. The first kappa shape index (κ1) is 14.4. The fraction of sp³-hybridized carbons (Fsp3) is 0.188. The minimum absolute atomic E-state index is 0.147. The normalized spacial score (nSPS) is 10.4. The molecule has 0 fully saturated rings. The molecule has 0 heterocycles. The van der Waals surface area contributed by atoms with Gasteiger partial charge in [-0.1, -0.05) is 29.3 Å². The lowest BCUT2D eigenvalue weighted by Crippen LogP contribution is -2.27. The molecule has 1 amide bonds. The number of benzene rings is 2. The molecule has 0 aromatic heterocycles. The predicted octanol–water partition coefficient (Wildman–Crippen LogP) is 3.82. The molecule has 104 valence electrons. The van der Waals surface area contributed by atoms with Crippen molar-refractivity contribution in [1.82, 2.24) is 0 Å². The van der Waals surface area contributed by atoms with Crippen LogP contribution in [0.2, 0.25) is 5.02 Å². The average Bonchev–Trinajstić information content (AvgIpc) is 2.37. The van der Waals surface area contributed by atoms with Crippen molar-refractivity contribution in [2.24, 2.45) is 0 Å². The van der Waals surface area contributed by atoms with Crippen LogP contribution in [0.4, 0.5) is 11.4 Å². The van der Waals surface area contributed by atoms with Crippen LogP contribution < -0.4 is 10.6 Å². The zero-order valence-corrected chi connectivity index (χ0v) is 12.5. The molecule has 3 nitrogen and oxygen atoms in total. The second kappa shape index (κ2) is 5.55. The summed E-state index contributed by atoms with van der Waals surface area (Å²) in [5.41, 5.74) is 9.80. The SMILES string of the molecule is Cc1ccc(N(C)C(=O)c2ccc(Cl)cc2N)c(C)c1. The summed E-state index contributed by atoms with van der Waals surface area (Å²) < 4.78 is 0. The van der Waals surface area contributed by atoms with Gasteiger partial charge in [-0.05, 0) is 43.7 Å². The van der Waals surface area contributed by atoms with Crippen molar-refractivity contribution in [3.63, 3.8) is 0 Å². The first-order valence-corrected chi connectivity index (χ1v) is 6.68. The number of hydrogen-bond donors (Lipinski definition) is 1. The van der Waals surface area contributed by atoms with E-state index in [0.717, 1.165) is 16.8 Å². The Bertz CT molecular complexity index is 668. The van der Waals surface area contributed by atoms with Crippen LogP contribution in [0.5, 0.6) is 0 Å². The maximum atomic E-state index is 12.5. The number of nitrogens with zero attached hydrogens (tertiary/aromatic N) is 1. The van der Waals surface area contributed by atoms with E-state index in [2.05, 4.69) is 0 Å². The van der Waals surface area contributed by atoms with E-state index in [1.54, 1.807) is 30.1 Å². The van der Waals surface area contributed by atoms with Gasteiger partial charge in [0.15, 0.2) is 0 Å². The van der Waals surface area contributed by atoms with Gasteiger partial charge in [-0.3, -0.25) is 4.79 Å². The van der Waals surface area contributed by atoms with Crippen LogP contribution in [0.15, 0.2) is 36.4 Å². The van der Waals surface area contributed by atoms with Gasteiger partial charge in [-0.2, -0.15) is 0 Å². The van der Waals surface area contributed by atoms with E-state index < -0.39 is 0 Å². The summed E-state index contributed by atoms with van der Waals surface area (Å²) in [5, 5.41) is 0.521. The molecule has 0 bridgehead atoms. The van der Waals surface area contributed by atoms with Crippen LogP contribution in [0.25, 0.3) is 0 Å². The number of rotatable bonds is 2. The summed E-state index contributed by atoms with van der Waals surface area (Å²) in [6, 6.07) is 10.9. The van der Waals surface area contributed by atoms with Gasteiger partial charge in [0.2, 0.25) is 0 Å². The van der Waals surface area contributed by atoms with E-state index in [1.165, 1.54) is 0 Å². The summed E-state index contributed by atoms with van der Waals surface area (Å²) in [6.45, 7) is 4.01. The largest absolute Gasteiger partial charge is 0.398 e. The third-order valence-corrected chi connectivity index (χ3v) is 3.50. The Morgan fingerprint density at radius 2 is 1.85 bits per heavy atom. The molecule has 0 saturated carbocycles. The summed E-state index contributed by atoms with van der Waals surface area (Å²) >= 11 is 5.86. The van der Waals surface area contributed by atoms with Gasteiger partial charge < -0.3 is 10.6 Å². The third-order valence-electron chi connectivity index (χ3n) is 3.26. The van der Waals surface area contributed by atoms with E-state index in [1.807, 2.05) is 32.0 Å². The third kappa shape index (κ3) is 2.78. The number of anilines is 2. The number of amides is 1. The Kier molecular flexibility index (Phi) is 4.00. The molecule has 20 heavy (non-hydrogen) atoms. The molecule has 2 aromatic carbocycles. The number of aryl methyl sites for hydroxylation is 2. The molecule has 2 N–H and O–H groups in total. The Morgan fingerprint density at radius 3 is 2.45 bits per heavy atom. The molecular formula is C16H17ClN2O. The van der Waals surface area contributed by atoms with Crippen molar-refractivity contribution in [1.29, 1.82) is 0 Å². The van der Waals surface area contributed by atoms with Gasteiger partial charge in [0.05, 0.1) is 5.56 Å². The second-order valence-electron chi connectivity index (χ2n) is 4.89. The zero-order chi connectivity index (χ0) is 14.9. The van der Waals surface area contributed by atoms with Crippen molar-refractivity contribution < 1.29 is 4.79 Å². The van der Waals surface area contributed by atoms with E-state index >= 15 is 0 Å². The molecule has 2 aromatic rings. The van der Waals surface area contributed by atoms with Crippen molar-refractivity contribution in [2.45, 2.75) is 13.8 Å². The first-order chi connectivity index (χ1) is 9.40. The van der Waals surface area contributed by atoms with Crippen LogP contribution in [0, 0.1) is 13.8 Å². The van der Waals surface area contributed by atoms with Crippen molar-refractivity contribution in [3.8, 4) is 0 Å². The number of nitrogens with two attached hydrogens (primary N) is 1. The van der Waals surface area contributed by atoms with Crippen LogP contribution in [0.3, 0.4) is 0 Å².